The monoisotopic (exact) mass is 541 g/mol. The maximum atomic E-state index is 13.1. The highest BCUT2D eigenvalue weighted by molar-refractivity contribution is 6.03. The van der Waals surface area contributed by atoms with Gasteiger partial charge in [0.25, 0.3) is 0 Å². The number of rotatable bonds is 6. The molecule has 5 rings (SSSR count). The Hall–Kier alpha value is -4.89. The fraction of sp³-hybridized carbons (Fsp3) is 0.0968. The zero-order valence-electron chi connectivity index (χ0n) is 21.2. The van der Waals surface area contributed by atoms with Crippen molar-refractivity contribution in [3.8, 4) is 39.4 Å². The minimum atomic E-state index is -5.22. The first-order chi connectivity index (χ1) is 19.2. The number of hydrogen-bond donors (Lipinski definition) is 1. The van der Waals surface area contributed by atoms with Crippen molar-refractivity contribution < 1.29 is 27.5 Å². The van der Waals surface area contributed by atoms with E-state index in [1.54, 1.807) is 30.3 Å². The summed E-state index contributed by atoms with van der Waals surface area (Å²) in [5.74, 6) is -3.08. The van der Waals surface area contributed by atoms with Crippen LogP contribution in [0, 0.1) is 0 Å². The van der Waals surface area contributed by atoms with Crippen LogP contribution in [0.25, 0.3) is 44.4 Å². The van der Waals surface area contributed by atoms with Crippen LogP contribution in [0.1, 0.15) is 22.8 Å². The number of carbonyl (C=O) groups excluding carboxylic acids is 2. The number of ether oxygens (including phenoxy) is 1. The van der Waals surface area contributed by atoms with Gasteiger partial charge in [0.2, 0.25) is 5.88 Å². The highest BCUT2D eigenvalue weighted by atomic mass is 19.4. The van der Waals surface area contributed by atoms with Gasteiger partial charge in [0.1, 0.15) is 0 Å². The summed E-state index contributed by atoms with van der Waals surface area (Å²) in [6, 6.07) is 25.0. The maximum Gasteiger partial charge on any atom is 0.491 e. The number of fused-ring (bicyclic) bond motifs is 1. The quantitative estimate of drug-likeness (QED) is 0.189. The number of nitrogens with zero attached hydrogens (tertiary/aromatic N) is 2. The van der Waals surface area contributed by atoms with Gasteiger partial charge in [-0.15, -0.1) is 0 Å². The molecule has 0 fully saturated rings. The van der Waals surface area contributed by atoms with Crippen molar-refractivity contribution in [3.05, 3.63) is 102 Å². The van der Waals surface area contributed by atoms with Crippen molar-refractivity contribution in [2.75, 3.05) is 0 Å². The average Bonchev–Trinajstić information content (AvgIpc) is 2.96. The Morgan fingerprint density at radius 2 is 1.55 bits per heavy atom. The number of esters is 1. The summed E-state index contributed by atoms with van der Waals surface area (Å²) in [5.41, 5.74) is 11.0. The van der Waals surface area contributed by atoms with Crippen LogP contribution in [-0.2, 0) is 11.3 Å². The Labute approximate surface area is 227 Å². The van der Waals surface area contributed by atoms with Crippen LogP contribution in [0.4, 0.5) is 13.2 Å². The van der Waals surface area contributed by atoms with Crippen LogP contribution in [0.3, 0.4) is 0 Å². The summed E-state index contributed by atoms with van der Waals surface area (Å²) in [7, 11) is 0. The van der Waals surface area contributed by atoms with Crippen LogP contribution in [-0.4, -0.2) is 27.9 Å². The molecule has 0 saturated carbocycles. The van der Waals surface area contributed by atoms with Gasteiger partial charge >= 0.3 is 12.1 Å². The first-order valence-electron chi connectivity index (χ1n) is 12.2. The second-order valence-corrected chi connectivity index (χ2v) is 9.05. The Bertz CT molecular complexity index is 1740. The Morgan fingerprint density at radius 1 is 0.850 bits per heavy atom. The molecule has 0 spiro atoms. The minimum absolute atomic E-state index is 0.101. The predicted octanol–water partition coefficient (Wildman–Crippen LogP) is 6.76. The van der Waals surface area contributed by atoms with Gasteiger partial charge in [0.05, 0.1) is 16.6 Å². The lowest BCUT2D eigenvalue weighted by Gasteiger charge is -2.16. The van der Waals surface area contributed by atoms with E-state index in [4.69, 9.17) is 15.5 Å². The molecular weight excluding hydrogens is 519 g/mol. The van der Waals surface area contributed by atoms with Crippen molar-refractivity contribution >= 4 is 22.7 Å². The van der Waals surface area contributed by atoms with Gasteiger partial charge in [-0.05, 0) is 35.7 Å². The fourth-order valence-electron chi connectivity index (χ4n) is 4.34. The largest absolute Gasteiger partial charge is 0.491 e. The number of benzene rings is 3. The first-order valence-corrected chi connectivity index (χ1v) is 12.2. The van der Waals surface area contributed by atoms with E-state index in [9.17, 15) is 22.8 Å². The van der Waals surface area contributed by atoms with Crippen LogP contribution in [0.5, 0.6) is 5.88 Å². The van der Waals surface area contributed by atoms with Gasteiger partial charge in [0, 0.05) is 35.0 Å². The van der Waals surface area contributed by atoms with Crippen molar-refractivity contribution in [1.29, 1.82) is 0 Å². The molecular formula is C31H22F3N3O3. The highest BCUT2D eigenvalue weighted by Gasteiger charge is 2.42. The average molecular weight is 542 g/mol. The standard InChI is InChI=1S/C31H22F3N3O3/c1-18(38)22-8-5-9-23(14-22)26-17-36-29(40-30(39)31(32,33)34)25-15-24(20-6-3-2-4-7-20)27(37-28(25)26)21-12-10-19(16-35)11-13-21/h2-15,17H,16,35H2,1H3. The number of pyridine rings is 2. The number of Topliss-reactive ketones (excluding diaryl/α,β-unsaturated/α-hetero) is 1. The predicted molar refractivity (Wildman–Crippen MR) is 145 cm³/mol. The number of aromatic nitrogens is 2. The van der Waals surface area contributed by atoms with E-state index in [0.29, 0.717) is 34.5 Å². The molecule has 40 heavy (non-hydrogen) atoms. The van der Waals surface area contributed by atoms with E-state index in [1.165, 1.54) is 13.1 Å². The molecule has 0 unspecified atom stereocenters. The zero-order chi connectivity index (χ0) is 28.4. The van der Waals surface area contributed by atoms with E-state index < -0.39 is 18.0 Å². The van der Waals surface area contributed by atoms with Crippen LogP contribution in [0.2, 0.25) is 0 Å². The molecule has 0 saturated heterocycles. The third-order valence-electron chi connectivity index (χ3n) is 6.37. The number of hydrogen-bond acceptors (Lipinski definition) is 6. The molecule has 0 atom stereocenters. The SMILES string of the molecule is CC(=O)c1cccc(-c2cnc(OC(=O)C(F)(F)F)c3cc(-c4ccccc4)c(-c4ccc(CN)cc4)nc23)c1. The van der Waals surface area contributed by atoms with E-state index in [2.05, 4.69) is 4.98 Å². The molecule has 0 aliphatic heterocycles. The number of ketones is 1. The molecule has 2 aromatic heterocycles. The maximum absolute atomic E-state index is 13.1. The lowest BCUT2D eigenvalue weighted by atomic mass is 9.95. The molecule has 6 nitrogen and oxygen atoms in total. The fourth-order valence-corrected chi connectivity index (χ4v) is 4.34. The third-order valence-corrected chi connectivity index (χ3v) is 6.37. The van der Waals surface area contributed by atoms with Gasteiger partial charge in [-0.1, -0.05) is 72.8 Å². The second kappa shape index (κ2) is 10.7. The van der Waals surface area contributed by atoms with Crippen molar-refractivity contribution in [2.45, 2.75) is 19.6 Å². The van der Waals surface area contributed by atoms with Gasteiger partial charge in [-0.2, -0.15) is 13.2 Å². The molecule has 0 radical (unpaired) electrons. The van der Waals surface area contributed by atoms with Gasteiger partial charge < -0.3 is 10.5 Å². The molecule has 0 aliphatic rings. The number of carbonyl (C=O) groups is 2. The molecule has 9 heteroatoms. The molecule has 0 aliphatic carbocycles. The number of alkyl halides is 3. The lowest BCUT2D eigenvalue weighted by Crippen LogP contribution is -2.28. The van der Waals surface area contributed by atoms with E-state index in [-0.39, 0.29) is 16.7 Å². The zero-order valence-corrected chi connectivity index (χ0v) is 21.2. The molecule has 2 heterocycles. The van der Waals surface area contributed by atoms with E-state index in [0.717, 1.165) is 16.7 Å². The van der Waals surface area contributed by atoms with E-state index >= 15 is 0 Å². The molecule has 0 bridgehead atoms. The molecule has 200 valence electrons. The summed E-state index contributed by atoms with van der Waals surface area (Å²) in [6.45, 7) is 1.79. The normalized spacial score (nSPS) is 11.4. The van der Waals surface area contributed by atoms with Gasteiger partial charge in [0.15, 0.2) is 5.78 Å². The Kier molecular flexibility index (Phi) is 7.15. The van der Waals surface area contributed by atoms with Crippen LogP contribution < -0.4 is 10.5 Å². The van der Waals surface area contributed by atoms with Gasteiger partial charge in [-0.25, -0.2) is 14.8 Å². The smallest absolute Gasteiger partial charge is 0.400 e. The van der Waals surface area contributed by atoms with Crippen LogP contribution in [0.15, 0.2) is 91.1 Å². The van der Waals surface area contributed by atoms with Crippen molar-refractivity contribution in [1.82, 2.24) is 9.97 Å². The molecule has 3 aromatic carbocycles. The summed E-state index contributed by atoms with van der Waals surface area (Å²) in [5, 5.41) is 0.101. The minimum Gasteiger partial charge on any atom is -0.400 e. The highest BCUT2D eigenvalue weighted by Crippen LogP contribution is 2.39. The topological polar surface area (TPSA) is 95.2 Å². The third kappa shape index (κ3) is 5.32. The second-order valence-electron chi connectivity index (χ2n) is 9.05. The van der Waals surface area contributed by atoms with Crippen molar-refractivity contribution in [2.24, 2.45) is 5.73 Å². The number of nitrogens with two attached hydrogens (primary N) is 1. The summed E-state index contributed by atoms with van der Waals surface area (Å²) in [4.78, 5) is 32.9. The molecule has 5 aromatic rings. The number of halogens is 3. The van der Waals surface area contributed by atoms with Crippen LogP contribution >= 0.6 is 0 Å². The molecule has 0 amide bonds. The van der Waals surface area contributed by atoms with E-state index in [1.807, 2.05) is 54.6 Å². The summed E-state index contributed by atoms with van der Waals surface area (Å²) < 4.78 is 44.1. The first kappa shape index (κ1) is 26.7. The van der Waals surface area contributed by atoms with Gasteiger partial charge in [-0.3, -0.25) is 4.79 Å². The summed E-state index contributed by atoms with van der Waals surface area (Å²) >= 11 is 0. The molecule has 2 N–H and O–H groups in total. The Balaban J connectivity index is 1.84. The summed E-state index contributed by atoms with van der Waals surface area (Å²) in [6.07, 6.45) is -3.93. The lowest BCUT2D eigenvalue weighted by molar-refractivity contribution is -0.189. The Morgan fingerprint density at radius 3 is 2.20 bits per heavy atom. The van der Waals surface area contributed by atoms with Crippen molar-refractivity contribution in [3.63, 3.8) is 0 Å².